The lowest BCUT2D eigenvalue weighted by molar-refractivity contribution is -0.151. The number of hydrogen-bond donors (Lipinski definition) is 7. The summed E-state index contributed by atoms with van der Waals surface area (Å²) in [5, 5.41) is 40.9. The molecule has 0 aliphatic carbocycles. The second-order valence-corrected chi connectivity index (χ2v) is 25.2. The molecule has 13 atom stereocenters. The van der Waals surface area contributed by atoms with Gasteiger partial charge in [-0.3, -0.25) is 38.5 Å². The van der Waals surface area contributed by atoms with E-state index in [0.717, 1.165) is 4.90 Å². The van der Waals surface area contributed by atoms with Crippen molar-refractivity contribution in [2.24, 2.45) is 23.5 Å². The SMILES string of the molecule is CC[C@H]1CN(C(=O)O[C@H]2/C=C/[C@H](C)[C@@H](/C(C)=C/C=C/[C@](C)(O)C[C@H]3O[C@@H]3[C@H](C)[C@@H](O)CC)OC(=O)C[C@H](O)CC[C@@]2(C)OC)CCN1C(=O)OCc1ccc(NC(=O)[C@H](CCCCC(N)=O)NC(=O)[C@@H](NC(=O)CCCCCN2C(=O)C=CC2=O)C(C)C)cc1. The zero-order chi connectivity index (χ0) is 66.5. The Bertz CT molecular complexity index is 2730. The van der Waals surface area contributed by atoms with E-state index in [1.807, 2.05) is 27.7 Å². The van der Waals surface area contributed by atoms with Gasteiger partial charge in [-0.15, -0.1) is 0 Å². The fourth-order valence-corrected chi connectivity index (χ4v) is 11.3. The standard InChI is InChI=1S/C66H99N7O17/c1-11-47-39-71(63(83)89-52-28-23-43(6)59(90-57(80)37-48(74)31-33-66(52,9)86-10)42(5)19-18-32-65(8,85)38-51-60(88-51)44(7)50(75)12-2)35-36-72(47)64(84)87-40-45-24-26-46(27-25-45)68-61(81)49(20-15-16-21-53(67)76)69-62(82)58(41(3)4)70-54(77)22-14-13-17-34-73-55(78)29-30-56(73)79/h18-19,23-30,32,41,43-44,47-52,58-60,74-75,85H,11-17,20-22,31,33-40H2,1-10H3,(H2,67,76)(H,68,81)(H,69,82)(H,70,77)/b28-23+,32-18+,42-19+/t43-,44+,47-,48+,49-,50-,51+,52-,58-,59+,60+,65-,66+/m0/s1. The number of nitrogens with one attached hydrogen (secondary N) is 3. The van der Waals surface area contributed by atoms with Gasteiger partial charge in [0.2, 0.25) is 23.6 Å². The van der Waals surface area contributed by atoms with Gasteiger partial charge in [-0.1, -0.05) is 90.8 Å². The molecule has 24 heteroatoms. The van der Waals surface area contributed by atoms with Crippen molar-refractivity contribution < 1.29 is 82.2 Å². The number of cyclic esters (lactones) is 1. The second-order valence-electron chi connectivity index (χ2n) is 25.2. The molecule has 8 N–H and O–H groups in total. The number of piperazine rings is 1. The Balaban J connectivity index is 1.16. The largest absolute Gasteiger partial charge is 0.457 e. The average Bonchev–Trinajstić information content (AvgIpc) is 1.65. The highest BCUT2D eigenvalue weighted by Gasteiger charge is 2.47. The van der Waals surface area contributed by atoms with E-state index >= 15 is 0 Å². The number of unbranched alkanes of at least 4 members (excludes halogenated alkanes) is 3. The molecule has 0 aromatic heterocycles. The van der Waals surface area contributed by atoms with Crippen LogP contribution in [-0.4, -0.2) is 183 Å². The van der Waals surface area contributed by atoms with Crippen LogP contribution in [0.25, 0.3) is 0 Å². The zero-order valence-corrected chi connectivity index (χ0v) is 54.2. The molecule has 1 aromatic rings. The van der Waals surface area contributed by atoms with Crippen LogP contribution in [-0.2, 0) is 63.9 Å². The third-order valence-corrected chi connectivity index (χ3v) is 17.3. The molecule has 0 unspecified atom stereocenters. The number of nitrogens with two attached hydrogens (primary N) is 1. The fourth-order valence-electron chi connectivity index (χ4n) is 11.3. The lowest BCUT2D eigenvalue weighted by Crippen LogP contribution is -2.57. The van der Waals surface area contributed by atoms with E-state index in [-0.39, 0.29) is 113 Å². The number of hydrogen-bond acceptors (Lipinski definition) is 17. The molecule has 4 aliphatic rings. The number of methoxy groups -OCH3 is 1. The first-order valence-electron chi connectivity index (χ1n) is 31.8. The Morgan fingerprint density at radius 1 is 0.922 bits per heavy atom. The molecule has 1 aromatic carbocycles. The summed E-state index contributed by atoms with van der Waals surface area (Å²) in [5.74, 6) is -4.17. The second kappa shape index (κ2) is 35.0. The molecule has 24 nitrogen and oxygen atoms in total. The van der Waals surface area contributed by atoms with Crippen molar-refractivity contribution >= 4 is 59.3 Å². The van der Waals surface area contributed by atoms with E-state index in [0.29, 0.717) is 68.2 Å². The van der Waals surface area contributed by atoms with Crippen LogP contribution in [0.4, 0.5) is 15.3 Å². The lowest BCUT2D eigenvalue weighted by atomic mass is 9.88. The van der Waals surface area contributed by atoms with E-state index in [1.165, 1.54) is 24.2 Å². The van der Waals surface area contributed by atoms with E-state index < -0.39 is 95.5 Å². The van der Waals surface area contributed by atoms with Gasteiger partial charge < -0.3 is 70.5 Å². The van der Waals surface area contributed by atoms with Crippen LogP contribution in [0.1, 0.15) is 158 Å². The highest BCUT2D eigenvalue weighted by Crippen LogP contribution is 2.38. The predicted octanol–water partition coefficient (Wildman–Crippen LogP) is 6.19. The molecule has 2 fully saturated rings. The molecule has 8 amide bonds. The van der Waals surface area contributed by atoms with Crippen LogP contribution in [0.3, 0.4) is 0 Å². The first-order valence-corrected chi connectivity index (χ1v) is 31.8. The Morgan fingerprint density at radius 2 is 1.61 bits per heavy atom. The summed E-state index contributed by atoms with van der Waals surface area (Å²) < 4.78 is 29.8. The molecule has 5 rings (SSSR count). The zero-order valence-electron chi connectivity index (χ0n) is 54.2. The van der Waals surface area contributed by atoms with Gasteiger partial charge >= 0.3 is 18.2 Å². The number of nitrogens with zero attached hydrogens (tertiary/aromatic N) is 3. The summed E-state index contributed by atoms with van der Waals surface area (Å²) in [6, 6.07) is 4.14. The van der Waals surface area contributed by atoms with Gasteiger partial charge in [0, 0.05) is 82.2 Å². The van der Waals surface area contributed by atoms with Crippen LogP contribution in [0.15, 0.2) is 72.4 Å². The van der Waals surface area contributed by atoms with Gasteiger partial charge in [0.15, 0.2) is 6.10 Å². The molecule has 0 saturated carbocycles. The Morgan fingerprint density at radius 3 is 2.26 bits per heavy atom. The number of anilines is 1. The fraction of sp³-hybridized carbons (Fsp3) is 0.652. The highest BCUT2D eigenvalue weighted by atomic mass is 16.6. The molecular weight excluding hydrogens is 1160 g/mol. The Hall–Kier alpha value is -6.99. The van der Waals surface area contributed by atoms with Crippen LogP contribution in [0, 0.1) is 17.8 Å². The number of benzene rings is 1. The van der Waals surface area contributed by atoms with Crippen LogP contribution < -0.4 is 21.7 Å². The van der Waals surface area contributed by atoms with Crippen molar-refractivity contribution in [1.82, 2.24) is 25.3 Å². The number of carbonyl (C=O) groups is 9. The number of ether oxygens (including phenoxy) is 5. The van der Waals surface area contributed by atoms with Crippen molar-refractivity contribution in [1.29, 1.82) is 0 Å². The number of amides is 8. The normalized spacial score (nSPS) is 25.7. The average molecular weight is 1260 g/mol. The first kappa shape index (κ1) is 73.7. The van der Waals surface area contributed by atoms with E-state index in [9.17, 15) is 58.5 Å². The smallest absolute Gasteiger partial charge is 0.410 e. The highest BCUT2D eigenvalue weighted by molar-refractivity contribution is 6.12. The van der Waals surface area contributed by atoms with Gasteiger partial charge in [0.1, 0.15) is 30.4 Å². The molecule has 0 radical (unpaired) electrons. The summed E-state index contributed by atoms with van der Waals surface area (Å²) >= 11 is 0. The van der Waals surface area contributed by atoms with Gasteiger partial charge in [0.25, 0.3) is 11.8 Å². The van der Waals surface area contributed by atoms with Crippen LogP contribution in [0.2, 0.25) is 0 Å². The maximum absolute atomic E-state index is 14.2. The molecule has 90 heavy (non-hydrogen) atoms. The Labute approximate surface area is 529 Å². The van der Waals surface area contributed by atoms with E-state index in [4.69, 9.17) is 29.4 Å². The third kappa shape index (κ3) is 22.7. The number of carbonyl (C=O) groups excluding carboxylic acids is 9. The van der Waals surface area contributed by atoms with Crippen LogP contribution in [0.5, 0.6) is 0 Å². The minimum atomic E-state index is -1.23. The van der Waals surface area contributed by atoms with Gasteiger partial charge in [0.05, 0.1) is 42.5 Å². The summed E-state index contributed by atoms with van der Waals surface area (Å²) in [6.45, 7) is 16.9. The molecule has 0 bridgehead atoms. The van der Waals surface area contributed by atoms with Crippen molar-refractivity contribution in [3.8, 4) is 0 Å². The van der Waals surface area contributed by atoms with E-state index in [1.54, 1.807) is 94.2 Å². The van der Waals surface area contributed by atoms with Crippen molar-refractivity contribution in [3.63, 3.8) is 0 Å². The maximum atomic E-state index is 14.2. The number of rotatable bonds is 30. The molecule has 4 heterocycles. The minimum absolute atomic E-state index is 0.0619. The molecule has 4 aliphatic heterocycles. The molecule has 500 valence electrons. The van der Waals surface area contributed by atoms with Crippen molar-refractivity contribution in [2.75, 3.05) is 38.6 Å². The first-order chi connectivity index (χ1) is 42.6. The van der Waals surface area contributed by atoms with E-state index in [2.05, 4.69) is 16.0 Å². The van der Waals surface area contributed by atoms with Crippen molar-refractivity contribution in [2.45, 2.75) is 225 Å². The lowest BCUT2D eigenvalue weighted by Gasteiger charge is -2.41. The number of imide groups is 1. The summed E-state index contributed by atoms with van der Waals surface area (Å²) in [5.41, 5.74) is 4.63. The van der Waals surface area contributed by atoms with Gasteiger partial charge in [-0.25, -0.2) is 9.59 Å². The summed E-state index contributed by atoms with van der Waals surface area (Å²) in [7, 11) is 1.49. The number of aliphatic hydroxyl groups excluding tert-OH is 2. The molecule has 0 spiro atoms. The summed E-state index contributed by atoms with van der Waals surface area (Å²) in [4.78, 5) is 121. The monoisotopic (exact) mass is 1260 g/mol. The number of esters is 1. The van der Waals surface area contributed by atoms with Gasteiger partial charge in [-0.05, 0) is 107 Å². The van der Waals surface area contributed by atoms with Crippen LogP contribution >= 0.6 is 0 Å². The summed E-state index contributed by atoms with van der Waals surface area (Å²) in [6.07, 6.45) is 10.3. The third-order valence-electron chi connectivity index (χ3n) is 17.3. The maximum Gasteiger partial charge on any atom is 0.410 e. The quantitative estimate of drug-likeness (QED) is 0.00858. The topological polar surface area (TPSA) is 336 Å². The number of primary amides is 1. The number of epoxide rings is 1. The van der Waals surface area contributed by atoms with Crippen molar-refractivity contribution in [3.05, 3.63) is 77.9 Å². The molecule has 2 saturated heterocycles. The number of allylic oxidation sites excluding steroid dienone is 2. The predicted molar refractivity (Wildman–Crippen MR) is 334 cm³/mol. The molecular formula is C66H99N7O17. The Kier molecular flexibility index (Phi) is 28.7. The minimum Gasteiger partial charge on any atom is -0.457 e. The van der Waals surface area contributed by atoms with Gasteiger partial charge in [-0.2, -0.15) is 0 Å². The number of aliphatic hydroxyl groups is 3.